The lowest BCUT2D eigenvalue weighted by molar-refractivity contribution is 0.0698. The Bertz CT molecular complexity index is 679. The Labute approximate surface area is 127 Å². The standard InChI is InChI=1S/C15H15ClN2O3/c1-2-7-18-8-3-4-13(18)14(19)17-12-9-10(16)5-6-11(12)15(20)21/h3-6,8-9H,2,7H2,1H3,(H,17,19)(H,20,21). The molecular weight excluding hydrogens is 292 g/mol. The summed E-state index contributed by atoms with van der Waals surface area (Å²) >= 11 is 5.86. The van der Waals surface area contributed by atoms with E-state index in [4.69, 9.17) is 16.7 Å². The van der Waals surface area contributed by atoms with E-state index < -0.39 is 5.97 Å². The molecule has 0 aliphatic carbocycles. The average Bonchev–Trinajstić information content (AvgIpc) is 2.87. The molecule has 2 aromatic rings. The van der Waals surface area contributed by atoms with Gasteiger partial charge in [-0.05, 0) is 36.8 Å². The van der Waals surface area contributed by atoms with Crippen LogP contribution in [0.4, 0.5) is 5.69 Å². The van der Waals surface area contributed by atoms with Crippen molar-refractivity contribution in [3.05, 3.63) is 52.8 Å². The highest BCUT2D eigenvalue weighted by atomic mass is 35.5. The number of anilines is 1. The molecule has 1 aromatic carbocycles. The van der Waals surface area contributed by atoms with Gasteiger partial charge >= 0.3 is 5.97 Å². The zero-order valence-electron chi connectivity index (χ0n) is 11.5. The van der Waals surface area contributed by atoms with Gasteiger partial charge < -0.3 is 15.0 Å². The molecule has 1 amide bonds. The van der Waals surface area contributed by atoms with Crippen LogP contribution in [-0.4, -0.2) is 21.6 Å². The molecule has 21 heavy (non-hydrogen) atoms. The molecule has 0 aliphatic rings. The van der Waals surface area contributed by atoms with Gasteiger partial charge in [0.05, 0.1) is 11.3 Å². The summed E-state index contributed by atoms with van der Waals surface area (Å²) in [6.07, 6.45) is 2.71. The molecule has 0 unspecified atom stereocenters. The van der Waals surface area contributed by atoms with Crippen LogP contribution in [0.25, 0.3) is 0 Å². The van der Waals surface area contributed by atoms with Crippen molar-refractivity contribution < 1.29 is 14.7 Å². The topological polar surface area (TPSA) is 71.3 Å². The molecule has 0 spiro atoms. The van der Waals surface area contributed by atoms with Gasteiger partial charge in [-0.15, -0.1) is 0 Å². The van der Waals surface area contributed by atoms with Gasteiger partial charge in [-0.1, -0.05) is 18.5 Å². The largest absolute Gasteiger partial charge is 0.478 e. The number of nitrogens with one attached hydrogen (secondary N) is 1. The summed E-state index contributed by atoms with van der Waals surface area (Å²) in [6, 6.07) is 7.73. The number of aryl methyl sites for hydroxylation is 1. The van der Waals surface area contributed by atoms with E-state index in [1.807, 2.05) is 17.7 Å². The fraction of sp³-hybridized carbons (Fsp3) is 0.200. The summed E-state index contributed by atoms with van der Waals surface area (Å²) in [6.45, 7) is 2.73. The van der Waals surface area contributed by atoms with Gasteiger partial charge in [0.25, 0.3) is 5.91 Å². The van der Waals surface area contributed by atoms with E-state index >= 15 is 0 Å². The number of amides is 1. The Morgan fingerprint density at radius 3 is 2.76 bits per heavy atom. The van der Waals surface area contributed by atoms with Crippen LogP contribution in [0.2, 0.25) is 5.02 Å². The summed E-state index contributed by atoms with van der Waals surface area (Å²) < 4.78 is 1.82. The monoisotopic (exact) mass is 306 g/mol. The summed E-state index contributed by atoms with van der Waals surface area (Å²) in [5.41, 5.74) is 0.666. The van der Waals surface area contributed by atoms with E-state index in [1.165, 1.54) is 18.2 Å². The minimum absolute atomic E-state index is 0.00125. The number of hydrogen-bond acceptors (Lipinski definition) is 2. The Morgan fingerprint density at radius 1 is 1.33 bits per heavy atom. The fourth-order valence-corrected chi connectivity index (χ4v) is 2.22. The summed E-state index contributed by atoms with van der Waals surface area (Å²) in [4.78, 5) is 23.5. The molecular formula is C15H15ClN2O3. The van der Waals surface area contributed by atoms with Crippen LogP contribution in [0.1, 0.15) is 34.2 Å². The lowest BCUT2D eigenvalue weighted by Crippen LogP contribution is -2.18. The van der Waals surface area contributed by atoms with Gasteiger partial charge in [0.1, 0.15) is 5.69 Å². The second kappa shape index (κ2) is 6.45. The molecule has 1 aromatic heterocycles. The van der Waals surface area contributed by atoms with Crippen LogP contribution < -0.4 is 5.32 Å². The quantitative estimate of drug-likeness (QED) is 0.888. The molecule has 0 bridgehead atoms. The zero-order valence-corrected chi connectivity index (χ0v) is 12.2. The van der Waals surface area contributed by atoms with Crippen LogP contribution in [0, 0.1) is 0 Å². The van der Waals surface area contributed by atoms with Crippen molar-refractivity contribution in [3.63, 3.8) is 0 Å². The third-order valence-electron chi connectivity index (χ3n) is 2.99. The minimum atomic E-state index is -1.12. The third kappa shape index (κ3) is 3.44. The van der Waals surface area contributed by atoms with Crippen molar-refractivity contribution in [3.8, 4) is 0 Å². The number of halogens is 1. The van der Waals surface area contributed by atoms with Crippen molar-refractivity contribution in [1.29, 1.82) is 0 Å². The molecule has 2 N–H and O–H groups in total. The Morgan fingerprint density at radius 2 is 2.10 bits per heavy atom. The molecule has 0 fully saturated rings. The number of aromatic nitrogens is 1. The number of benzene rings is 1. The van der Waals surface area contributed by atoms with E-state index in [9.17, 15) is 9.59 Å². The maximum absolute atomic E-state index is 12.3. The van der Waals surface area contributed by atoms with Crippen molar-refractivity contribution in [2.45, 2.75) is 19.9 Å². The van der Waals surface area contributed by atoms with Gasteiger partial charge in [-0.2, -0.15) is 0 Å². The SMILES string of the molecule is CCCn1cccc1C(=O)Nc1cc(Cl)ccc1C(=O)O. The molecule has 2 rings (SSSR count). The highest BCUT2D eigenvalue weighted by Gasteiger charge is 2.16. The van der Waals surface area contributed by atoms with Crippen LogP contribution in [0.5, 0.6) is 0 Å². The molecule has 0 radical (unpaired) electrons. The van der Waals surface area contributed by atoms with Crippen molar-refractivity contribution in [2.75, 3.05) is 5.32 Å². The smallest absolute Gasteiger partial charge is 0.337 e. The van der Waals surface area contributed by atoms with Gasteiger partial charge in [-0.25, -0.2) is 4.79 Å². The average molecular weight is 307 g/mol. The lowest BCUT2D eigenvalue weighted by atomic mass is 10.1. The Hall–Kier alpha value is -2.27. The molecule has 110 valence electrons. The van der Waals surface area contributed by atoms with Crippen LogP contribution in [-0.2, 0) is 6.54 Å². The molecule has 0 saturated carbocycles. The maximum Gasteiger partial charge on any atom is 0.337 e. The Balaban J connectivity index is 2.29. The normalized spacial score (nSPS) is 10.4. The number of aromatic carboxylic acids is 1. The molecule has 0 atom stereocenters. The van der Waals surface area contributed by atoms with Gasteiger partial charge in [0, 0.05) is 17.8 Å². The van der Waals surface area contributed by atoms with E-state index in [0.717, 1.165) is 13.0 Å². The van der Waals surface area contributed by atoms with Crippen LogP contribution >= 0.6 is 11.6 Å². The zero-order chi connectivity index (χ0) is 15.4. The van der Waals surface area contributed by atoms with Crippen molar-refractivity contribution >= 4 is 29.2 Å². The summed E-state index contributed by atoms with van der Waals surface area (Å²) in [5, 5.41) is 12.1. The lowest BCUT2D eigenvalue weighted by Gasteiger charge is -2.11. The van der Waals surface area contributed by atoms with Crippen molar-refractivity contribution in [2.24, 2.45) is 0 Å². The minimum Gasteiger partial charge on any atom is -0.478 e. The highest BCUT2D eigenvalue weighted by molar-refractivity contribution is 6.31. The maximum atomic E-state index is 12.3. The number of nitrogens with zero attached hydrogens (tertiary/aromatic N) is 1. The number of carbonyl (C=O) groups excluding carboxylic acids is 1. The second-order valence-corrected chi connectivity index (χ2v) is 4.97. The summed E-state index contributed by atoms with van der Waals surface area (Å²) in [5.74, 6) is -1.48. The highest BCUT2D eigenvalue weighted by Crippen LogP contribution is 2.22. The first-order valence-electron chi connectivity index (χ1n) is 6.52. The predicted octanol–water partition coefficient (Wildman–Crippen LogP) is 3.50. The molecule has 0 saturated heterocycles. The fourth-order valence-electron chi connectivity index (χ4n) is 2.05. The first-order valence-corrected chi connectivity index (χ1v) is 6.90. The van der Waals surface area contributed by atoms with Gasteiger partial charge in [0.15, 0.2) is 0 Å². The number of carboxylic acid groups (broad SMARTS) is 1. The van der Waals surface area contributed by atoms with Crippen LogP contribution in [0.15, 0.2) is 36.5 Å². The van der Waals surface area contributed by atoms with E-state index in [-0.39, 0.29) is 17.2 Å². The molecule has 0 aliphatic heterocycles. The van der Waals surface area contributed by atoms with E-state index in [2.05, 4.69) is 5.32 Å². The van der Waals surface area contributed by atoms with Gasteiger partial charge in [0.2, 0.25) is 0 Å². The molecule has 1 heterocycles. The first-order chi connectivity index (χ1) is 10.0. The third-order valence-corrected chi connectivity index (χ3v) is 3.22. The Kier molecular flexibility index (Phi) is 4.65. The van der Waals surface area contributed by atoms with E-state index in [1.54, 1.807) is 12.1 Å². The number of hydrogen-bond donors (Lipinski definition) is 2. The predicted molar refractivity (Wildman–Crippen MR) is 81.1 cm³/mol. The molecule has 5 nitrogen and oxygen atoms in total. The van der Waals surface area contributed by atoms with Crippen molar-refractivity contribution in [1.82, 2.24) is 4.57 Å². The number of carbonyl (C=O) groups is 2. The number of rotatable bonds is 5. The summed E-state index contributed by atoms with van der Waals surface area (Å²) in [7, 11) is 0. The number of carboxylic acids is 1. The second-order valence-electron chi connectivity index (χ2n) is 4.54. The van der Waals surface area contributed by atoms with Gasteiger partial charge in [-0.3, -0.25) is 4.79 Å². The molecule has 6 heteroatoms. The van der Waals surface area contributed by atoms with E-state index in [0.29, 0.717) is 10.7 Å². The van der Waals surface area contributed by atoms with Crippen LogP contribution in [0.3, 0.4) is 0 Å². The first kappa shape index (κ1) is 15.1.